The lowest BCUT2D eigenvalue weighted by molar-refractivity contribution is -0.133. The molecule has 1 aromatic carbocycles. The fraction of sp³-hybridized carbons (Fsp3) is 0.588. The van der Waals surface area contributed by atoms with Gasteiger partial charge in [-0.05, 0) is 37.5 Å². The Morgan fingerprint density at radius 2 is 1.95 bits per heavy atom. The van der Waals surface area contributed by atoms with Crippen LogP contribution < -0.4 is 10.1 Å². The van der Waals surface area contributed by atoms with E-state index in [0.29, 0.717) is 0 Å². The second-order valence-corrected chi connectivity index (χ2v) is 5.86. The second kappa shape index (κ2) is 6.48. The lowest BCUT2D eigenvalue weighted by Crippen LogP contribution is -2.43. The number of unbranched alkanes of at least 4 members (excludes halogenated alkanes) is 1. The van der Waals surface area contributed by atoms with E-state index in [2.05, 4.69) is 19.2 Å². The zero-order valence-corrected chi connectivity index (χ0v) is 13.5. The summed E-state index contributed by atoms with van der Waals surface area (Å²) in [7, 11) is 1.66. The Morgan fingerprint density at radius 3 is 2.48 bits per heavy atom. The number of benzene rings is 1. The second-order valence-electron chi connectivity index (χ2n) is 5.86. The van der Waals surface area contributed by atoms with E-state index in [1.165, 1.54) is 0 Å². The molecule has 1 saturated heterocycles. The van der Waals surface area contributed by atoms with E-state index in [4.69, 9.17) is 4.74 Å². The fourth-order valence-corrected chi connectivity index (χ4v) is 2.74. The molecule has 1 aliphatic heterocycles. The van der Waals surface area contributed by atoms with E-state index in [0.717, 1.165) is 37.1 Å². The van der Waals surface area contributed by atoms with Crippen LogP contribution in [0.25, 0.3) is 0 Å². The molecule has 116 valence electrons. The van der Waals surface area contributed by atoms with E-state index in [9.17, 15) is 4.79 Å². The van der Waals surface area contributed by atoms with Crippen LogP contribution in [0.4, 0.5) is 0 Å². The number of carbonyl (C=O) groups is 1. The van der Waals surface area contributed by atoms with Crippen molar-refractivity contribution in [2.24, 2.45) is 0 Å². The van der Waals surface area contributed by atoms with Crippen molar-refractivity contribution in [2.75, 3.05) is 13.7 Å². The molecule has 21 heavy (non-hydrogen) atoms. The number of amides is 1. The van der Waals surface area contributed by atoms with Gasteiger partial charge in [-0.3, -0.25) is 10.1 Å². The number of methoxy groups -OCH3 is 1. The smallest absolute Gasteiger partial charge is 0.244 e. The first-order valence-corrected chi connectivity index (χ1v) is 7.78. The van der Waals surface area contributed by atoms with Gasteiger partial charge in [-0.15, -0.1) is 0 Å². The summed E-state index contributed by atoms with van der Waals surface area (Å²) in [6.07, 6.45) is 2.86. The average molecular weight is 290 g/mol. The third-order valence-electron chi connectivity index (χ3n) is 4.39. The van der Waals surface area contributed by atoms with Gasteiger partial charge in [0.05, 0.1) is 12.6 Å². The largest absolute Gasteiger partial charge is 0.497 e. The number of ether oxygens (including phenoxy) is 1. The Morgan fingerprint density at radius 1 is 1.29 bits per heavy atom. The molecule has 0 aliphatic carbocycles. The van der Waals surface area contributed by atoms with Gasteiger partial charge in [0.15, 0.2) is 0 Å². The molecule has 4 heteroatoms. The highest BCUT2D eigenvalue weighted by Crippen LogP contribution is 2.33. The molecule has 0 aromatic heterocycles. The van der Waals surface area contributed by atoms with Crippen molar-refractivity contribution >= 4 is 5.91 Å². The van der Waals surface area contributed by atoms with Crippen molar-refractivity contribution in [1.82, 2.24) is 10.2 Å². The number of hydrogen-bond donors (Lipinski definition) is 1. The minimum Gasteiger partial charge on any atom is -0.497 e. The van der Waals surface area contributed by atoms with E-state index in [-0.39, 0.29) is 12.1 Å². The topological polar surface area (TPSA) is 41.6 Å². The molecule has 2 rings (SSSR count). The van der Waals surface area contributed by atoms with Crippen molar-refractivity contribution in [3.8, 4) is 5.75 Å². The summed E-state index contributed by atoms with van der Waals surface area (Å²) in [5.41, 5.74) is 0.649. The first kappa shape index (κ1) is 15.8. The van der Waals surface area contributed by atoms with Gasteiger partial charge in [-0.2, -0.15) is 0 Å². The van der Waals surface area contributed by atoms with Crippen LogP contribution in [0.15, 0.2) is 24.3 Å². The van der Waals surface area contributed by atoms with Gasteiger partial charge in [0, 0.05) is 6.54 Å². The van der Waals surface area contributed by atoms with E-state index < -0.39 is 5.54 Å². The van der Waals surface area contributed by atoms with Gasteiger partial charge in [-0.25, -0.2) is 0 Å². The molecule has 1 aliphatic rings. The molecule has 0 radical (unpaired) electrons. The molecule has 2 atom stereocenters. The molecule has 2 unspecified atom stereocenters. The Kier molecular flexibility index (Phi) is 4.88. The standard InChI is InChI=1S/C17H26N2O2/c1-5-7-12-19-15(18-17(3,6-2)16(19)20)13-8-10-14(21-4)11-9-13/h8-11,15,18H,5-7,12H2,1-4H3. The predicted molar refractivity (Wildman–Crippen MR) is 84.2 cm³/mol. The Balaban J connectivity index is 2.27. The average Bonchev–Trinajstić information content (AvgIpc) is 2.78. The number of nitrogens with one attached hydrogen (secondary N) is 1. The van der Waals surface area contributed by atoms with Gasteiger partial charge in [-0.1, -0.05) is 32.4 Å². The zero-order valence-electron chi connectivity index (χ0n) is 13.5. The molecule has 1 fully saturated rings. The molecule has 1 heterocycles. The zero-order chi connectivity index (χ0) is 15.5. The summed E-state index contributed by atoms with van der Waals surface area (Å²) in [6.45, 7) is 7.00. The van der Waals surface area contributed by atoms with Gasteiger partial charge in [0.2, 0.25) is 5.91 Å². The number of rotatable bonds is 6. The van der Waals surface area contributed by atoms with Crippen LogP contribution in [0.1, 0.15) is 51.8 Å². The molecule has 1 aromatic rings. The summed E-state index contributed by atoms with van der Waals surface area (Å²) in [4.78, 5) is 14.7. The summed E-state index contributed by atoms with van der Waals surface area (Å²) < 4.78 is 5.21. The van der Waals surface area contributed by atoms with Crippen molar-refractivity contribution < 1.29 is 9.53 Å². The van der Waals surface area contributed by atoms with Crippen LogP contribution >= 0.6 is 0 Å². The molecule has 0 spiro atoms. The van der Waals surface area contributed by atoms with E-state index >= 15 is 0 Å². The van der Waals surface area contributed by atoms with Gasteiger partial charge in [0.25, 0.3) is 0 Å². The molecular weight excluding hydrogens is 264 g/mol. The molecule has 4 nitrogen and oxygen atoms in total. The molecule has 1 amide bonds. The SMILES string of the molecule is CCCCN1C(=O)C(C)(CC)NC1c1ccc(OC)cc1. The van der Waals surface area contributed by atoms with Gasteiger partial charge >= 0.3 is 0 Å². The van der Waals surface area contributed by atoms with Gasteiger partial charge in [0.1, 0.15) is 11.9 Å². The highest BCUT2D eigenvalue weighted by molar-refractivity contribution is 5.88. The molecule has 0 saturated carbocycles. The monoisotopic (exact) mass is 290 g/mol. The summed E-state index contributed by atoms with van der Waals surface area (Å²) in [5, 5.41) is 3.52. The van der Waals surface area contributed by atoms with Crippen molar-refractivity contribution in [3.63, 3.8) is 0 Å². The van der Waals surface area contributed by atoms with Crippen LogP contribution in [-0.4, -0.2) is 30.0 Å². The first-order valence-electron chi connectivity index (χ1n) is 7.78. The van der Waals surface area contributed by atoms with E-state index in [1.807, 2.05) is 36.1 Å². The van der Waals surface area contributed by atoms with Crippen molar-refractivity contribution in [1.29, 1.82) is 0 Å². The van der Waals surface area contributed by atoms with Crippen LogP contribution in [0.2, 0.25) is 0 Å². The maximum absolute atomic E-state index is 12.7. The van der Waals surface area contributed by atoms with Crippen LogP contribution in [0, 0.1) is 0 Å². The van der Waals surface area contributed by atoms with Crippen molar-refractivity contribution in [2.45, 2.75) is 51.7 Å². The van der Waals surface area contributed by atoms with E-state index in [1.54, 1.807) is 7.11 Å². The molecule has 0 bridgehead atoms. The van der Waals surface area contributed by atoms with Gasteiger partial charge < -0.3 is 9.64 Å². The summed E-state index contributed by atoms with van der Waals surface area (Å²) >= 11 is 0. The Bertz CT molecular complexity index is 486. The molecular formula is C17H26N2O2. The fourth-order valence-electron chi connectivity index (χ4n) is 2.74. The highest BCUT2D eigenvalue weighted by Gasteiger charge is 2.46. The normalized spacial score (nSPS) is 25.4. The highest BCUT2D eigenvalue weighted by atomic mass is 16.5. The number of nitrogens with zero attached hydrogens (tertiary/aromatic N) is 1. The number of carbonyl (C=O) groups excluding carboxylic acids is 1. The predicted octanol–water partition coefficient (Wildman–Crippen LogP) is 3.09. The minimum absolute atomic E-state index is 0.0418. The minimum atomic E-state index is -0.460. The lowest BCUT2D eigenvalue weighted by atomic mass is 9.99. The van der Waals surface area contributed by atoms with Crippen LogP contribution in [0.5, 0.6) is 5.75 Å². The van der Waals surface area contributed by atoms with Crippen LogP contribution in [0.3, 0.4) is 0 Å². The molecule has 1 N–H and O–H groups in total. The van der Waals surface area contributed by atoms with Crippen LogP contribution in [-0.2, 0) is 4.79 Å². The first-order chi connectivity index (χ1) is 10.1. The quantitative estimate of drug-likeness (QED) is 0.875. The van der Waals surface area contributed by atoms with Crippen molar-refractivity contribution in [3.05, 3.63) is 29.8 Å². The maximum Gasteiger partial charge on any atom is 0.244 e. The third kappa shape index (κ3) is 3.05. The maximum atomic E-state index is 12.7. The summed E-state index contributed by atoms with van der Waals surface area (Å²) in [5.74, 6) is 1.04. The Labute approximate surface area is 127 Å². The Hall–Kier alpha value is -1.55. The summed E-state index contributed by atoms with van der Waals surface area (Å²) in [6, 6.07) is 7.95. The lowest BCUT2D eigenvalue weighted by Gasteiger charge is -2.24. The number of hydrogen-bond acceptors (Lipinski definition) is 3. The third-order valence-corrected chi connectivity index (χ3v) is 4.39.